The van der Waals surface area contributed by atoms with Crippen molar-refractivity contribution in [3.05, 3.63) is 107 Å². The molecule has 57 heavy (non-hydrogen) atoms. The zero-order valence-electron chi connectivity index (χ0n) is 31.5. The van der Waals surface area contributed by atoms with Crippen molar-refractivity contribution in [2.75, 3.05) is 49.7 Å². The maximum atomic E-state index is 15.2. The van der Waals surface area contributed by atoms with E-state index in [1.807, 2.05) is 71.3 Å². The van der Waals surface area contributed by atoms with Crippen LogP contribution < -0.4 is 14.5 Å². The van der Waals surface area contributed by atoms with Gasteiger partial charge in [0.05, 0.1) is 31.3 Å². The highest BCUT2D eigenvalue weighted by atomic mass is 19.3. The molecule has 1 saturated heterocycles. The summed E-state index contributed by atoms with van der Waals surface area (Å²) in [6, 6.07) is 19.3. The maximum Gasteiger partial charge on any atom is 0.410 e. The van der Waals surface area contributed by atoms with Crippen LogP contribution in [0, 0.1) is 11.6 Å². The summed E-state index contributed by atoms with van der Waals surface area (Å²) in [4.78, 5) is 32.7. The number of rotatable bonds is 14. The van der Waals surface area contributed by atoms with E-state index in [9.17, 15) is 18.0 Å². The summed E-state index contributed by atoms with van der Waals surface area (Å²) < 4.78 is 78.9. The standard InChI is InChI=1S/C40H41F4N9O4/c1-3-19-56-25-52-32-14-13-31(41)34(42)35(32)46-33(52)23-51(22-26-9-11-28(55-2)12-10-26)38-48-37(47-36-29(21-45-53(36)38)30-20-40(30,43)44)49-15-17-50(18-16-49)39(54)57-24-27-7-5-4-6-8-27/h4-14,21,30H,3,15-20,22-25H2,1-2H3. The van der Waals surface area contributed by atoms with Crippen molar-refractivity contribution in [3.8, 4) is 5.75 Å². The molecule has 0 radical (unpaired) electrons. The van der Waals surface area contributed by atoms with Gasteiger partial charge in [-0.3, -0.25) is 0 Å². The van der Waals surface area contributed by atoms with Gasteiger partial charge < -0.3 is 33.5 Å². The van der Waals surface area contributed by atoms with Gasteiger partial charge in [0.25, 0.3) is 5.92 Å². The molecule has 298 valence electrons. The van der Waals surface area contributed by atoms with Gasteiger partial charge in [-0.25, -0.2) is 27.3 Å². The number of fused-ring (bicyclic) bond motifs is 2. The van der Waals surface area contributed by atoms with E-state index in [4.69, 9.17) is 24.2 Å². The molecule has 2 fully saturated rings. The van der Waals surface area contributed by atoms with Crippen LogP contribution in [0.25, 0.3) is 16.7 Å². The lowest BCUT2D eigenvalue weighted by Crippen LogP contribution is -2.49. The SMILES string of the molecule is CCCOCn1c(CN(Cc2ccc(OC)cc2)c2nc(N3CCN(C(=O)OCc4ccccc4)CC3)nc3c(C4CC4(F)F)cnn23)nc2c(F)c(F)ccc21. The molecule has 0 N–H and O–H groups in total. The minimum absolute atomic E-state index is 0.00137. The summed E-state index contributed by atoms with van der Waals surface area (Å²) in [5.74, 6) is -4.57. The molecule has 0 bridgehead atoms. The molecule has 1 unspecified atom stereocenters. The van der Waals surface area contributed by atoms with E-state index in [2.05, 4.69) is 10.1 Å². The minimum atomic E-state index is -2.90. The van der Waals surface area contributed by atoms with E-state index < -0.39 is 29.6 Å². The fraction of sp³-hybridized carbons (Fsp3) is 0.375. The first-order chi connectivity index (χ1) is 27.6. The topological polar surface area (TPSA) is 115 Å². The zero-order chi connectivity index (χ0) is 39.7. The third-order valence-electron chi connectivity index (χ3n) is 10.2. The fourth-order valence-electron chi connectivity index (χ4n) is 6.98. The van der Waals surface area contributed by atoms with Gasteiger partial charge in [0.15, 0.2) is 17.3 Å². The van der Waals surface area contributed by atoms with Gasteiger partial charge in [-0.2, -0.15) is 19.6 Å². The highest BCUT2D eigenvalue weighted by molar-refractivity contribution is 5.77. The van der Waals surface area contributed by atoms with Crippen LogP contribution in [0.2, 0.25) is 0 Å². The number of alkyl halides is 2. The number of methoxy groups -OCH3 is 1. The number of amides is 1. The van der Waals surface area contributed by atoms with Crippen molar-refractivity contribution in [2.45, 2.75) is 58.0 Å². The minimum Gasteiger partial charge on any atom is -0.497 e. The number of carbonyl (C=O) groups is 1. The predicted octanol–water partition coefficient (Wildman–Crippen LogP) is 6.93. The van der Waals surface area contributed by atoms with Gasteiger partial charge in [-0.1, -0.05) is 49.4 Å². The monoisotopic (exact) mass is 787 g/mol. The van der Waals surface area contributed by atoms with E-state index in [0.717, 1.165) is 23.6 Å². The van der Waals surface area contributed by atoms with E-state index in [1.54, 1.807) is 16.6 Å². The van der Waals surface area contributed by atoms with E-state index in [-0.39, 0.29) is 61.5 Å². The Morgan fingerprint density at radius 1 is 0.930 bits per heavy atom. The zero-order valence-corrected chi connectivity index (χ0v) is 31.5. The Morgan fingerprint density at radius 2 is 1.68 bits per heavy atom. The first-order valence-corrected chi connectivity index (χ1v) is 18.8. The molecular formula is C40H41F4N9O4. The Kier molecular flexibility index (Phi) is 10.6. The van der Waals surface area contributed by atoms with Crippen molar-refractivity contribution in [1.29, 1.82) is 0 Å². The van der Waals surface area contributed by atoms with Crippen LogP contribution in [-0.2, 0) is 35.9 Å². The molecule has 17 heteroatoms. The molecular weight excluding hydrogens is 746 g/mol. The third-order valence-corrected chi connectivity index (χ3v) is 10.2. The Hall–Kier alpha value is -5.97. The second-order valence-corrected chi connectivity index (χ2v) is 14.1. The number of anilines is 2. The Balaban J connectivity index is 1.17. The molecule has 4 heterocycles. The number of halogens is 4. The Morgan fingerprint density at radius 3 is 2.39 bits per heavy atom. The Labute approximate surface area is 325 Å². The van der Waals surface area contributed by atoms with Crippen LogP contribution in [0.15, 0.2) is 72.9 Å². The second-order valence-electron chi connectivity index (χ2n) is 14.1. The van der Waals surface area contributed by atoms with Gasteiger partial charge in [-0.15, -0.1) is 0 Å². The molecule has 6 aromatic rings. The number of carbonyl (C=O) groups excluding carboxylic acids is 1. The fourth-order valence-corrected chi connectivity index (χ4v) is 6.98. The lowest BCUT2D eigenvalue weighted by molar-refractivity contribution is 0.0781. The van der Waals surface area contributed by atoms with Gasteiger partial charge in [0, 0.05) is 51.3 Å². The van der Waals surface area contributed by atoms with Crippen molar-refractivity contribution in [1.82, 2.24) is 34.0 Å². The molecule has 1 atom stereocenters. The molecule has 0 spiro atoms. The van der Waals surface area contributed by atoms with Gasteiger partial charge in [-0.05, 0) is 41.8 Å². The molecule has 8 rings (SSSR count). The summed E-state index contributed by atoms with van der Waals surface area (Å²) in [5.41, 5.74) is 2.40. The average Bonchev–Trinajstić information content (AvgIpc) is 3.49. The molecule has 1 aliphatic heterocycles. The molecule has 3 aromatic carbocycles. The van der Waals surface area contributed by atoms with E-state index in [1.165, 1.54) is 16.8 Å². The third kappa shape index (κ3) is 7.88. The van der Waals surface area contributed by atoms with Crippen LogP contribution in [-0.4, -0.2) is 85.9 Å². The van der Waals surface area contributed by atoms with E-state index in [0.29, 0.717) is 49.9 Å². The number of piperazine rings is 1. The number of benzene rings is 3. The van der Waals surface area contributed by atoms with E-state index >= 15 is 4.39 Å². The number of aromatic nitrogens is 6. The van der Waals surface area contributed by atoms with Crippen LogP contribution in [0.3, 0.4) is 0 Å². The lowest BCUT2D eigenvalue weighted by atomic mass is 10.2. The van der Waals surface area contributed by atoms with Crippen LogP contribution >= 0.6 is 0 Å². The summed E-state index contributed by atoms with van der Waals surface area (Å²) in [7, 11) is 1.57. The number of hydrogen-bond donors (Lipinski definition) is 0. The van der Waals surface area contributed by atoms with Crippen LogP contribution in [0.1, 0.15) is 48.2 Å². The highest BCUT2D eigenvalue weighted by Gasteiger charge is 2.59. The number of hydrogen-bond acceptors (Lipinski definition) is 10. The molecule has 1 saturated carbocycles. The summed E-state index contributed by atoms with van der Waals surface area (Å²) >= 11 is 0. The quantitative estimate of drug-likeness (QED) is 0.0851. The molecule has 1 aliphatic carbocycles. The first kappa shape index (κ1) is 37.9. The summed E-state index contributed by atoms with van der Waals surface area (Å²) in [5, 5.41) is 4.54. The van der Waals surface area contributed by atoms with Crippen LogP contribution in [0.4, 0.5) is 34.3 Å². The average molecular weight is 788 g/mol. The summed E-state index contributed by atoms with van der Waals surface area (Å²) in [6.07, 6.45) is 1.37. The Bertz CT molecular complexity index is 2370. The molecule has 2 aliphatic rings. The van der Waals surface area contributed by atoms with Crippen molar-refractivity contribution in [3.63, 3.8) is 0 Å². The second kappa shape index (κ2) is 15.9. The number of nitrogens with zero attached hydrogens (tertiary/aromatic N) is 9. The van der Waals surface area contributed by atoms with Crippen LogP contribution in [0.5, 0.6) is 5.75 Å². The van der Waals surface area contributed by atoms with Crippen molar-refractivity contribution in [2.24, 2.45) is 0 Å². The first-order valence-electron chi connectivity index (χ1n) is 18.8. The predicted molar refractivity (Wildman–Crippen MR) is 202 cm³/mol. The van der Waals surface area contributed by atoms with Gasteiger partial charge in [0.2, 0.25) is 11.9 Å². The van der Waals surface area contributed by atoms with Crippen molar-refractivity contribution >= 4 is 34.7 Å². The lowest BCUT2D eigenvalue weighted by Gasteiger charge is -2.34. The van der Waals surface area contributed by atoms with Crippen molar-refractivity contribution < 1.29 is 36.6 Å². The number of imidazole rings is 1. The smallest absolute Gasteiger partial charge is 0.410 e. The van der Waals surface area contributed by atoms with Gasteiger partial charge in [0.1, 0.15) is 30.4 Å². The normalized spacial score (nSPS) is 16.4. The summed E-state index contributed by atoms with van der Waals surface area (Å²) in [6.45, 7) is 4.06. The largest absolute Gasteiger partial charge is 0.497 e. The molecule has 3 aromatic heterocycles. The molecule has 1 amide bonds. The molecule has 13 nitrogen and oxygen atoms in total. The number of ether oxygens (including phenoxy) is 3. The maximum absolute atomic E-state index is 15.2. The van der Waals surface area contributed by atoms with Gasteiger partial charge >= 0.3 is 6.09 Å². The highest BCUT2D eigenvalue weighted by Crippen LogP contribution is 2.56.